The van der Waals surface area contributed by atoms with E-state index in [9.17, 15) is 14.4 Å². The highest BCUT2D eigenvalue weighted by Crippen LogP contribution is 2.33. The van der Waals surface area contributed by atoms with Gasteiger partial charge in [-0.15, -0.1) is 0 Å². The molecule has 0 saturated carbocycles. The summed E-state index contributed by atoms with van der Waals surface area (Å²) in [5.74, 6) is -0.575. The molecule has 2 atom stereocenters. The number of carbonyl (C=O) groups excluding carboxylic acids is 3. The van der Waals surface area contributed by atoms with Gasteiger partial charge in [0.15, 0.2) is 11.2 Å². The fourth-order valence-corrected chi connectivity index (χ4v) is 4.43. The molecular formula is C23H25NO4S. The first-order valence-electron chi connectivity index (χ1n) is 9.64. The largest absolute Gasteiger partial charge is 0.467 e. The van der Waals surface area contributed by atoms with E-state index in [1.165, 1.54) is 14.0 Å². The van der Waals surface area contributed by atoms with Crippen LogP contribution >= 0.6 is 11.8 Å². The van der Waals surface area contributed by atoms with Crippen LogP contribution < -0.4 is 0 Å². The zero-order chi connectivity index (χ0) is 20.8. The average Bonchev–Trinajstić information content (AvgIpc) is 2.75. The molecule has 0 radical (unpaired) electrons. The van der Waals surface area contributed by atoms with Gasteiger partial charge in [0.2, 0.25) is 5.91 Å². The number of ether oxygens (including phenoxy) is 1. The van der Waals surface area contributed by atoms with E-state index < -0.39 is 17.9 Å². The Hall–Kier alpha value is -2.60. The standard InChI is InChI=1S/C23H25NO4S/c1-16(25)29-15-19(14-17-8-4-3-5-9-17)22(26)24-13-12-18-10-6-7-11-20(18)21(24)23(27)28-2/h3-11,19,21H,12-15H2,1-2H3. The van der Waals surface area contributed by atoms with Gasteiger partial charge in [-0.2, -0.15) is 0 Å². The third-order valence-electron chi connectivity index (χ3n) is 5.15. The number of nitrogens with zero attached hydrogens (tertiary/aromatic N) is 1. The van der Waals surface area contributed by atoms with Gasteiger partial charge < -0.3 is 9.64 Å². The zero-order valence-electron chi connectivity index (χ0n) is 16.7. The zero-order valence-corrected chi connectivity index (χ0v) is 17.5. The fraction of sp³-hybridized carbons (Fsp3) is 0.348. The van der Waals surface area contributed by atoms with Gasteiger partial charge in [0.25, 0.3) is 0 Å². The molecule has 0 bridgehead atoms. The van der Waals surface area contributed by atoms with Crippen LogP contribution in [0, 0.1) is 5.92 Å². The van der Waals surface area contributed by atoms with Crippen molar-refractivity contribution in [3.63, 3.8) is 0 Å². The van der Waals surface area contributed by atoms with Crippen molar-refractivity contribution in [1.29, 1.82) is 0 Å². The van der Waals surface area contributed by atoms with Crippen LogP contribution in [0.4, 0.5) is 0 Å². The van der Waals surface area contributed by atoms with Crippen LogP contribution in [0.3, 0.4) is 0 Å². The first-order valence-corrected chi connectivity index (χ1v) is 10.6. The summed E-state index contributed by atoms with van der Waals surface area (Å²) in [7, 11) is 1.34. The van der Waals surface area contributed by atoms with Crippen molar-refractivity contribution in [3.05, 3.63) is 71.3 Å². The maximum absolute atomic E-state index is 13.5. The lowest BCUT2D eigenvalue weighted by Gasteiger charge is -2.37. The highest BCUT2D eigenvalue weighted by molar-refractivity contribution is 8.13. The van der Waals surface area contributed by atoms with Crippen molar-refractivity contribution >= 4 is 28.8 Å². The number of hydrogen-bond donors (Lipinski definition) is 0. The molecule has 0 fully saturated rings. The third-order valence-corrected chi connectivity index (χ3v) is 6.13. The number of hydrogen-bond acceptors (Lipinski definition) is 5. The number of fused-ring (bicyclic) bond motifs is 1. The van der Waals surface area contributed by atoms with Crippen LogP contribution in [0.5, 0.6) is 0 Å². The summed E-state index contributed by atoms with van der Waals surface area (Å²) in [6.07, 6.45) is 1.21. The van der Waals surface area contributed by atoms with E-state index >= 15 is 0 Å². The molecule has 0 N–H and O–H groups in total. The van der Waals surface area contributed by atoms with Crippen molar-refractivity contribution < 1.29 is 19.1 Å². The fourth-order valence-electron chi connectivity index (χ4n) is 3.74. The van der Waals surface area contributed by atoms with Gasteiger partial charge in [-0.25, -0.2) is 4.79 Å². The number of benzene rings is 2. The van der Waals surface area contributed by atoms with E-state index in [1.807, 2.05) is 54.6 Å². The van der Waals surface area contributed by atoms with Crippen molar-refractivity contribution in [2.75, 3.05) is 19.4 Å². The number of rotatable bonds is 6. The molecule has 1 heterocycles. The number of amides is 1. The highest BCUT2D eigenvalue weighted by atomic mass is 32.2. The molecule has 1 amide bonds. The number of carbonyl (C=O) groups is 3. The van der Waals surface area contributed by atoms with E-state index in [2.05, 4.69) is 0 Å². The Kier molecular flexibility index (Phi) is 7.09. The lowest BCUT2D eigenvalue weighted by molar-refractivity contribution is -0.155. The summed E-state index contributed by atoms with van der Waals surface area (Å²) >= 11 is 1.15. The van der Waals surface area contributed by atoms with Gasteiger partial charge in [0.05, 0.1) is 13.0 Å². The predicted octanol–water partition coefficient (Wildman–Crippen LogP) is 3.42. The number of esters is 1. The molecule has 1 aliphatic heterocycles. The molecule has 0 aliphatic carbocycles. The summed E-state index contributed by atoms with van der Waals surface area (Å²) in [6.45, 7) is 1.95. The molecule has 6 heteroatoms. The molecular weight excluding hydrogens is 386 g/mol. The highest BCUT2D eigenvalue weighted by Gasteiger charge is 2.39. The van der Waals surface area contributed by atoms with Crippen LogP contribution in [0.25, 0.3) is 0 Å². The van der Waals surface area contributed by atoms with Gasteiger partial charge in [-0.3, -0.25) is 9.59 Å². The molecule has 0 spiro atoms. The molecule has 2 unspecified atom stereocenters. The Morgan fingerprint density at radius 1 is 1.10 bits per heavy atom. The van der Waals surface area contributed by atoms with Gasteiger partial charge in [0.1, 0.15) is 0 Å². The van der Waals surface area contributed by atoms with E-state index in [1.54, 1.807) is 4.90 Å². The first kappa shape index (κ1) is 21.1. The van der Waals surface area contributed by atoms with E-state index in [4.69, 9.17) is 4.74 Å². The smallest absolute Gasteiger partial charge is 0.333 e. The first-order chi connectivity index (χ1) is 14.0. The minimum absolute atomic E-state index is 0.0237. The van der Waals surface area contributed by atoms with E-state index in [-0.39, 0.29) is 11.0 Å². The number of thioether (sulfide) groups is 1. The summed E-state index contributed by atoms with van der Waals surface area (Å²) in [5, 5.41) is -0.0237. The van der Waals surface area contributed by atoms with Crippen LogP contribution in [0.15, 0.2) is 54.6 Å². The topological polar surface area (TPSA) is 63.7 Å². The molecule has 0 aromatic heterocycles. The Bertz CT molecular complexity index is 883. The molecule has 152 valence electrons. The molecule has 2 aromatic rings. The van der Waals surface area contributed by atoms with Crippen LogP contribution in [0.2, 0.25) is 0 Å². The minimum atomic E-state index is -0.752. The van der Waals surface area contributed by atoms with E-state index in [0.717, 1.165) is 28.5 Å². The average molecular weight is 412 g/mol. The number of methoxy groups -OCH3 is 1. The summed E-state index contributed by atoms with van der Waals surface area (Å²) in [6, 6.07) is 16.7. The Labute approximate surface area is 175 Å². The van der Waals surface area contributed by atoms with Crippen LogP contribution in [0.1, 0.15) is 29.7 Å². The Morgan fingerprint density at radius 2 is 1.79 bits per heavy atom. The minimum Gasteiger partial charge on any atom is -0.467 e. The second kappa shape index (κ2) is 9.74. The summed E-state index contributed by atoms with van der Waals surface area (Å²) < 4.78 is 5.03. The summed E-state index contributed by atoms with van der Waals surface area (Å²) in [5.41, 5.74) is 2.91. The van der Waals surface area contributed by atoms with Crippen LogP contribution in [-0.2, 0) is 32.0 Å². The van der Waals surface area contributed by atoms with Crippen molar-refractivity contribution in [2.45, 2.75) is 25.8 Å². The maximum atomic E-state index is 13.5. The predicted molar refractivity (Wildman–Crippen MR) is 113 cm³/mol. The third kappa shape index (κ3) is 5.07. The summed E-state index contributed by atoms with van der Waals surface area (Å²) in [4.78, 5) is 39.3. The lowest BCUT2D eigenvalue weighted by Crippen LogP contribution is -2.47. The van der Waals surface area contributed by atoms with Gasteiger partial charge in [-0.1, -0.05) is 66.4 Å². The van der Waals surface area contributed by atoms with Gasteiger partial charge >= 0.3 is 5.97 Å². The Balaban J connectivity index is 1.90. The van der Waals surface area contributed by atoms with E-state index in [0.29, 0.717) is 25.1 Å². The molecule has 5 nitrogen and oxygen atoms in total. The van der Waals surface area contributed by atoms with Crippen molar-refractivity contribution in [1.82, 2.24) is 4.90 Å². The van der Waals surface area contributed by atoms with Gasteiger partial charge in [-0.05, 0) is 29.5 Å². The molecule has 0 saturated heterocycles. The second-order valence-corrected chi connectivity index (χ2v) is 8.29. The van der Waals surface area contributed by atoms with Crippen molar-refractivity contribution in [3.8, 4) is 0 Å². The SMILES string of the molecule is COC(=O)C1c2ccccc2CCN1C(=O)C(CSC(C)=O)Cc1ccccc1. The van der Waals surface area contributed by atoms with Crippen molar-refractivity contribution in [2.24, 2.45) is 5.92 Å². The Morgan fingerprint density at radius 3 is 2.48 bits per heavy atom. The molecule has 29 heavy (non-hydrogen) atoms. The van der Waals surface area contributed by atoms with Crippen LogP contribution in [-0.4, -0.2) is 41.3 Å². The second-order valence-electron chi connectivity index (χ2n) is 7.10. The quantitative estimate of drug-likeness (QED) is 0.682. The monoisotopic (exact) mass is 411 g/mol. The normalized spacial score (nSPS) is 16.6. The van der Waals surface area contributed by atoms with Gasteiger partial charge in [0, 0.05) is 19.2 Å². The maximum Gasteiger partial charge on any atom is 0.333 e. The molecule has 3 rings (SSSR count). The molecule has 1 aliphatic rings. The lowest BCUT2D eigenvalue weighted by atomic mass is 9.90. The molecule has 2 aromatic carbocycles.